The van der Waals surface area contributed by atoms with E-state index in [1.165, 1.54) is 22.3 Å². The minimum Gasteiger partial charge on any atom is -0.615 e. The number of rotatable bonds is 0. The van der Waals surface area contributed by atoms with Gasteiger partial charge >= 0.3 is 15.9 Å². The van der Waals surface area contributed by atoms with Crippen molar-refractivity contribution in [3.63, 3.8) is 0 Å². The lowest BCUT2D eigenvalue weighted by Crippen LogP contribution is -2.23. The van der Waals surface area contributed by atoms with Gasteiger partial charge in [0.15, 0.2) is 0 Å². The van der Waals surface area contributed by atoms with Gasteiger partial charge in [-0.3, -0.25) is 9.98 Å². The summed E-state index contributed by atoms with van der Waals surface area (Å²) in [6.45, 7) is 31.8. The standard InChI is InChI=1S/C34H52N2O2.Al/c1-30(2,3)24-15-22(28(37)26(17-24)32(7,8)9)19-35-21-34(13,14)36-20-23-16-25(31(4,5)6)18-27(29(23)38)33(10,11)12;/h15-20,37-38H,21H2,1-14H3;/q;+2/p-2. The maximum absolute atomic E-state index is 6.64. The zero-order valence-corrected chi connectivity index (χ0v) is 28.1. The predicted molar refractivity (Wildman–Crippen MR) is 169 cm³/mol. The van der Waals surface area contributed by atoms with Crippen molar-refractivity contribution < 1.29 is 7.58 Å². The maximum atomic E-state index is 6.64. The van der Waals surface area contributed by atoms with Gasteiger partial charge in [-0.2, -0.15) is 0 Å². The molecular formula is C34H50AlN2O2. The van der Waals surface area contributed by atoms with Crippen LogP contribution in [-0.4, -0.2) is 40.4 Å². The lowest BCUT2D eigenvalue weighted by molar-refractivity contribution is 0.432. The zero-order valence-electron chi connectivity index (χ0n) is 27.0. The van der Waals surface area contributed by atoms with Gasteiger partial charge in [-0.1, -0.05) is 95.2 Å². The molecule has 1 aliphatic rings. The molecule has 0 fully saturated rings. The van der Waals surface area contributed by atoms with Gasteiger partial charge in [0.2, 0.25) is 0 Å². The van der Waals surface area contributed by atoms with Crippen LogP contribution in [0.2, 0.25) is 0 Å². The lowest BCUT2D eigenvalue weighted by atomic mass is 9.79. The van der Waals surface area contributed by atoms with Crippen LogP contribution >= 0.6 is 0 Å². The summed E-state index contributed by atoms with van der Waals surface area (Å²) < 4.78 is 13.3. The van der Waals surface area contributed by atoms with Crippen LogP contribution in [0.5, 0.6) is 11.5 Å². The smallest absolute Gasteiger partial charge is 0.615 e. The second-order valence-corrected chi connectivity index (χ2v) is 16.4. The van der Waals surface area contributed by atoms with Crippen molar-refractivity contribution in [2.24, 2.45) is 9.98 Å². The Morgan fingerprint density at radius 3 is 1.41 bits per heavy atom. The minimum absolute atomic E-state index is 0.00147. The summed E-state index contributed by atoms with van der Waals surface area (Å²) in [5.41, 5.74) is 6.31. The molecule has 1 radical (unpaired) electrons. The molecule has 1 aliphatic heterocycles. The van der Waals surface area contributed by atoms with E-state index < -0.39 is 15.9 Å². The number of benzene rings is 2. The van der Waals surface area contributed by atoms with Gasteiger partial charge in [0.25, 0.3) is 0 Å². The highest BCUT2D eigenvalue weighted by Crippen LogP contribution is 2.40. The normalized spacial score (nSPS) is 16.5. The van der Waals surface area contributed by atoms with E-state index in [2.05, 4.69) is 121 Å². The van der Waals surface area contributed by atoms with E-state index in [-0.39, 0.29) is 27.2 Å². The van der Waals surface area contributed by atoms with Crippen molar-refractivity contribution in [1.82, 2.24) is 0 Å². The number of aliphatic imine (C=N–C) groups is 2. The molecule has 2 aromatic carbocycles. The summed E-state index contributed by atoms with van der Waals surface area (Å²) in [7, 11) is 0. The Kier molecular flexibility index (Phi) is 8.64. The molecule has 39 heavy (non-hydrogen) atoms. The summed E-state index contributed by atoms with van der Waals surface area (Å²) in [4.78, 5) is 9.92. The van der Waals surface area contributed by atoms with Gasteiger partial charge in [0.1, 0.15) is 0 Å². The summed E-state index contributed by atoms with van der Waals surface area (Å²) >= 11 is -0.827. The van der Waals surface area contributed by atoms with Crippen molar-refractivity contribution in [2.45, 2.75) is 124 Å². The molecule has 0 aliphatic carbocycles. The molecule has 211 valence electrons. The highest BCUT2D eigenvalue weighted by molar-refractivity contribution is 6.21. The van der Waals surface area contributed by atoms with Gasteiger partial charge < -0.3 is 7.58 Å². The first-order valence-corrected chi connectivity index (χ1v) is 15.1. The van der Waals surface area contributed by atoms with Crippen LogP contribution in [0.1, 0.15) is 130 Å². The fourth-order valence-electron chi connectivity index (χ4n) is 4.51. The minimum atomic E-state index is -0.827. The van der Waals surface area contributed by atoms with E-state index in [0.717, 1.165) is 22.6 Å². The summed E-state index contributed by atoms with van der Waals surface area (Å²) in [5, 5.41) is 0. The van der Waals surface area contributed by atoms with Crippen molar-refractivity contribution in [3.8, 4) is 11.5 Å². The molecule has 0 atom stereocenters. The van der Waals surface area contributed by atoms with E-state index >= 15 is 0 Å². The summed E-state index contributed by atoms with van der Waals surface area (Å²) in [5.74, 6) is 1.74. The molecule has 3 rings (SSSR count). The average Bonchev–Trinajstić information content (AvgIpc) is 2.76. The quantitative estimate of drug-likeness (QED) is 0.312. The van der Waals surface area contributed by atoms with E-state index in [1.54, 1.807) is 0 Å². The summed E-state index contributed by atoms with van der Waals surface area (Å²) in [6.07, 6.45) is 3.96. The molecule has 0 bridgehead atoms. The SMILES string of the molecule is CC1(C)CN=Cc2cc(C(C)(C)C)cc(C(C)(C)C)c2[O][Al][O]c2c(cc(C(C)(C)C)cc2C(C)(C)C)C=N1. The first kappa shape index (κ1) is 31.4. The molecule has 0 amide bonds. The van der Waals surface area contributed by atoms with E-state index in [4.69, 9.17) is 17.6 Å². The van der Waals surface area contributed by atoms with E-state index in [9.17, 15) is 0 Å². The largest absolute Gasteiger partial charge is 0.881 e. The fourth-order valence-corrected chi connectivity index (χ4v) is 5.28. The third-order valence-corrected chi connectivity index (χ3v) is 7.84. The second kappa shape index (κ2) is 10.7. The molecule has 0 saturated heterocycles. The van der Waals surface area contributed by atoms with Crippen LogP contribution in [-0.2, 0) is 21.7 Å². The van der Waals surface area contributed by atoms with Gasteiger partial charge in [-0.05, 0) is 69.9 Å². The molecule has 2 aromatic rings. The van der Waals surface area contributed by atoms with Gasteiger partial charge in [-0.15, -0.1) is 0 Å². The lowest BCUT2D eigenvalue weighted by Gasteiger charge is -2.30. The Bertz CT molecular complexity index is 1260. The fraction of sp³-hybridized carbons (Fsp3) is 0.588. The Balaban J connectivity index is 2.27. The number of hydrogen-bond donors (Lipinski definition) is 0. The Hall–Kier alpha value is -2.09. The van der Waals surface area contributed by atoms with Crippen LogP contribution < -0.4 is 7.58 Å². The highest BCUT2D eigenvalue weighted by Gasteiger charge is 2.30. The topological polar surface area (TPSA) is 43.2 Å². The molecule has 0 aromatic heterocycles. The van der Waals surface area contributed by atoms with E-state index in [0.29, 0.717) is 6.54 Å². The predicted octanol–water partition coefficient (Wildman–Crippen LogP) is 8.50. The highest BCUT2D eigenvalue weighted by atomic mass is 27.2. The number of nitrogens with zero attached hydrogens (tertiary/aromatic N) is 2. The number of fused-ring (bicyclic) bond motifs is 2. The van der Waals surface area contributed by atoms with Crippen molar-refractivity contribution in [2.75, 3.05) is 6.54 Å². The zero-order chi connectivity index (χ0) is 29.6. The van der Waals surface area contributed by atoms with Crippen LogP contribution in [0.25, 0.3) is 0 Å². The van der Waals surface area contributed by atoms with Crippen LogP contribution in [0, 0.1) is 0 Å². The van der Waals surface area contributed by atoms with Crippen molar-refractivity contribution >= 4 is 28.3 Å². The van der Waals surface area contributed by atoms with Crippen molar-refractivity contribution in [3.05, 3.63) is 57.6 Å². The van der Waals surface area contributed by atoms with Gasteiger partial charge in [0.05, 0.1) is 23.6 Å². The van der Waals surface area contributed by atoms with Gasteiger partial charge in [0, 0.05) is 23.6 Å². The van der Waals surface area contributed by atoms with Gasteiger partial charge in [-0.25, -0.2) is 0 Å². The second-order valence-electron chi connectivity index (χ2n) is 15.8. The number of hydrogen-bond acceptors (Lipinski definition) is 4. The first-order valence-electron chi connectivity index (χ1n) is 14.2. The third-order valence-electron chi connectivity index (χ3n) is 7.18. The van der Waals surface area contributed by atoms with E-state index in [1.807, 2.05) is 12.4 Å². The maximum Gasteiger partial charge on any atom is 0.881 e. The molecule has 0 spiro atoms. The molecule has 1 heterocycles. The monoisotopic (exact) mass is 545 g/mol. The summed E-state index contributed by atoms with van der Waals surface area (Å²) in [6, 6.07) is 9.08. The first-order chi connectivity index (χ1) is 17.6. The Morgan fingerprint density at radius 1 is 0.615 bits per heavy atom. The van der Waals surface area contributed by atoms with Crippen LogP contribution in [0.3, 0.4) is 0 Å². The molecule has 4 nitrogen and oxygen atoms in total. The molecular weight excluding hydrogens is 495 g/mol. The van der Waals surface area contributed by atoms with Crippen LogP contribution in [0.4, 0.5) is 0 Å². The Morgan fingerprint density at radius 2 is 1.03 bits per heavy atom. The molecule has 5 heteroatoms. The molecule has 0 unspecified atom stereocenters. The molecule has 0 N–H and O–H groups in total. The molecule has 0 saturated carbocycles. The third kappa shape index (κ3) is 7.77. The van der Waals surface area contributed by atoms with Crippen LogP contribution in [0.15, 0.2) is 34.3 Å². The Labute approximate surface area is 245 Å². The average molecular weight is 546 g/mol. The van der Waals surface area contributed by atoms with Crippen molar-refractivity contribution in [1.29, 1.82) is 0 Å².